The third-order valence-electron chi connectivity index (χ3n) is 3.17. The number of piperazine rings is 1. The Morgan fingerprint density at radius 2 is 2.06 bits per heavy atom. The van der Waals surface area contributed by atoms with E-state index in [1.807, 2.05) is 12.3 Å². The first-order valence-electron chi connectivity index (χ1n) is 5.83. The molecule has 16 heavy (non-hydrogen) atoms. The Hall–Kier alpha value is -0.970. The van der Waals surface area contributed by atoms with Crippen LogP contribution in [0.4, 0.5) is 0 Å². The Balaban J connectivity index is 1.98. The van der Waals surface area contributed by atoms with Crippen molar-refractivity contribution in [1.82, 2.24) is 14.8 Å². The van der Waals surface area contributed by atoms with Crippen LogP contribution in [0, 0.1) is 0 Å². The number of aromatic nitrogens is 1. The van der Waals surface area contributed by atoms with E-state index in [1.165, 1.54) is 5.56 Å². The molecular weight excluding hydrogens is 200 g/mol. The summed E-state index contributed by atoms with van der Waals surface area (Å²) in [4.78, 5) is 9.23. The molecule has 0 saturated carbocycles. The van der Waals surface area contributed by atoms with E-state index in [0.717, 1.165) is 38.4 Å². The number of hydrogen-bond donors (Lipinski definition) is 1. The number of nitrogens with two attached hydrogens (primary N) is 1. The lowest BCUT2D eigenvalue weighted by Crippen LogP contribution is -2.44. The minimum atomic E-state index is 0.580. The van der Waals surface area contributed by atoms with Gasteiger partial charge >= 0.3 is 0 Å². The Morgan fingerprint density at radius 3 is 2.75 bits per heavy atom. The van der Waals surface area contributed by atoms with Crippen LogP contribution in [0.3, 0.4) is 0 Å². The van der Waals surface area contributed by atoms with Gasteiger partial charge in [-0.3, -0.25) is 9.88 Å². The summed E-state index contributed by atoms with van der Waals surface area (Å²) < 4.78 is 0. The highest BCUT2D eigenvalue weighted by Gasteiger charge is 2.15. The smallest absolute Gasteiger partial charge is 0.0588 e. The van der Waals surface area contributed by atoms with Gasteiger partial charge in [-0.1, -0.05) is 6.07 Å². The van der Waals surface area contributed by atoms with Crippen molar-refractivity contribution in [3.8, 4) is 0 Å². The van der Waals surface area contributed by atoms with Gasteiger partial charge < -0.3 is 10.6 Å². The fraction of sp³-hybridized carbons (Fsp3) is 0.583. The van der Waals surface area contributed by atoms with Gasteiger partial charge in [-0.2, -0.15) is 0 Å². The van der Waals surface area contributed by atoms with Crippen LogP contribution >= 0.6 is 0 Å². The SMILES string of the molecule is CN1CCN(Cc2ncccc2CN)CC1. The lowest BCUT2D eigenvalue weighted by atomic mass is 10.1. The molecule has 1 aromatic rings. The zero-order chi connectivity index (χ0) is 11.4. The van der Waals surface area contributed by atoms with Crippen molar-refractivity contribution in [2.24, 2.45) is 5.73 Å². The predicted molar refractivity (Wildman–Crippen MR) is 64.9 cm³/mol. The Labute approximate surface area is 97.1 Å². The first-order chi connectivity index (χ1) is 7.79. The van der Waals surface area contributed by atoms with Crippen molar-refractivity contribution in [3.05, 3.63) is 29.6 Å². The van der Waals surface area contributed by atoms with Crippen molar-refractivity contribution in [2.75, 3.05) is 33.2 Å². The number of rotatable bonds is 3. The maximum atomic E-state index is 5.71. The van der Waals surface area contributed by atoms with Crippen LogP contribution < -0.4 is 5.73 Å². The standard InChI is InChI=1S/C12H20N4/c1-15-5-7-16(8-6-15)10-12-11(9-13)3-2-4-14-12/h2-4H,5-10,13H2,1H3. The zero-order valence-corrected chi connectivity index (χ0v) is 9.89. The molecule has 4 heteroatoms. The lowest BCUT2D eigenvalue weighted by Gasteiger charge is -2.32. The van der Waals surface area contributed by atoms with Gasteiger partial charge in [0, 0.05) is 45.5 Å². The molecule has 0 aromatic carbocycles. The summed E-state index contributed by atoms with van der Waals surface area (Å²) in [6.07, 6.45) is 1.85. The van der Waals surface area contributed by atoms with Crippen LogP contribution in [0.5, 0.6) is 0 Å². The second-order valence-corrected chi connectivity index (χ2v) is 4.39. The Kier molecular flexibility index (Phi) is 3.88. The molecule has 2 N–H and O–H groups in total. The van der Waals surface area contributed by atoms with E-state index in [9.17, 15) is 0 Å². The molecule has 0 aliphatic carbocycles. The first-order valence-corrected chi connectivity index (χ1v) is 5.83. The fourth-order valence-electron chi connectivity index (χ4n) is 2.02. The van der Waals surface area contributed by atoms with Crippen LogP contribution in [0.15, 0.2) is 18.3 Å². The van der Waals surface area contributed by atoms with Crippen molar-refractivity contribution < 1.29 is 0 Å². The Morgan fingerprint density at radius 1 is 1.31 bits per heavy atom. The number of pyridine rings is 1. The predicted octanol–water partition coefficient (Wildman–Crippen LogP) is 0.288. The van der Waals surface area contributed by atoms with E-state index >= 15 is 0 Å². The molecule has 0 radical (unpaired) electrons. The molecular formula is C12H20N4. The molecule has 1 aliphatic heterocycles. The van der Waals surface area contributed by atoms with E-state index in [1.54, 1.807) is 0 Å². The maximum absolute atomic E-state index is 5.71. The number of hydrogen-bond acceptors (Lipinski definition) is 4. The van der Waals surface area contributed by atoms with E-state index in [4.69, 9.17) is 5.73 Å². The van der Waals surface area contributed by atoms with Crippen LogP contribution in [-0.4, -0.2) is 48.0 Å². The minimum absolute atomic E-state index is 0.580. The van der Waals surface area contributed by atoms with Crippen LogP contribution in [-0.2, 0) is 13.1 Å². The normalized spacial score (nSPS) is 18.9. The third kappa shape index (κ3) is 2.78. The largest absolute Gasteiger partial charge is 0.326 e. The summed E-state index contributed by atoms with van der Waals surface area (Å²) in [5.74, 6) is 0. The van der Waals surface area contributed by atoms with Crippen LogP contribution in [0.1, 0.15) is 11.3 Å². The highest BCUT2D eigenvalue weighted by Crippen LogP contribution is 2.09. The molecule has 2 heterocycles. The molecule has 0 unspecified atom stereocenters. The van der Waals surface area contributed by atoms with E-state index in [0.29, 0.717) is 6.54 Å². The fourth-order valence-corrected chi connectivity index (χ4v) is 2.02. The highest BCUT2D eigenvalue weighted by atomic mass is 15.2. The van der Waals surface area contributed by atoms with Gasteiger partial charge in [-0.15, -0.1) is 0 Å². The van der Waals surface area contributed by atoms with Gasteiger partial charge in [0.1, 0.15) is 0 Å². The third-order valence-corrected chi connectivity index (χ3v) is 3.17. The maximum Gasteiger partial charge on any atom is 0.0588 e. The monoisotopic (exact) mass is 220 g/mol. The van der Waals surface area contributed by atoms with Crippen molar-refractivity contribution >= 4 is 0 Å². The molecule has 1 aromatic heterocycles. The van der Waals surface area contributed by atoms with Crippen molar-refractivity contribution in [1.29, 1.82) is 0 Å². The molecule has 88 valence electrons. The number of likely N-dealkylation sites (N-methyl/N-ethyl adjacent to an activating group) is 1. The van der Waals surface area contributed by atoms with Crippen molar-refractivity contribution in [2.45, 2.75) is 13.1 Å². The van der Waals surface area contributed by atoms with Crippen LogP contribution in [0.25, 0.3) is 0 Å². The quantitative estimate of drug-likeness (QED) is 0.795. The van der Waals surface area contributed by atoms with Crippen LogP contribution in [0.2, 0.25) is 0 Å². The van der Waals surface area contributed by atoms with E-state index in [2.05, 4.69) is 27.9 Å². The van der Waals surface area contributed by atoms with Gasteiger partial charge in [-0.25, -0.2) is 0 Å². The summed E-state index contributed by atoms with van der Waals surface area (Å²) in [6.45, 7) is 6.04. The summed E-state index contributed by atoms with van der Waals surface area (Å²) in [5.41, 5.74) is 8.01. The van der Waals surface area contributed by atoms with Gasteiger partial charge in [0.2, 0.25) is 0 Å². The molecule has 0 amide bonds. The molecule has 1 fully saturated rings. The average Bonchev–Trinajstić information content (AvgIpc) is 2.33. The molecule has 0 spiro atoms. The molecule has 1 saturated heterocycles. The summed E-state index contributed by atoms with van der Waals surface area (Å²) >= 11 is 0. The summed E-state index contributed by atoms with van der Waals surface area (Å²) in [7, 11) is 2.17. The Bertz CT molecular complexity index is 332. The summed E-state index contributed by atoms with van der Waals surface area (Å²) in [6, 6.07) is 4.02. The average molecular weight is 220 g/mol. The van der Waals surface area contributed by atoms with E-state index < -0.39 is 0 Å². The molecule has 4 nitrogen and oxygen atoms in total. The minimum Gasteiger partial charge on any atom is -0.326 e. The van der Waals surface area contributed by atoms with Crippen molar-refractivity contribution in [3.63, 3.8) is 0 Å². The van der Waals surface area contributed by atoms with Gasteiger partial charge in [0.25, 0.3) is 0 Å². The lowest BCUT2D eigenvalue weighted by molar-refractivity contribution is 0.146. The first kappa shape index (κ1) is 11.5. The van der Waals surface area contributed by atoms with Gasteiger partial charge in [0.05, 0.1) is 5.69 Å². The van der Waals surface area contributed by atoms with Gasteiger partial charge in [0.15, 0.2) is 0 Å². The zero-order valence-electron chi connectivity index (χ0n) is 9.89. The molecule has 1 aliphatic rings. The summed E-state index contributed by atoms with van der Waals surface area (Å²) in [5, 5.41) is 0. The van der Waals surface area contributed by atoms with Gasteiger partial charge in [-0.05, 0) is 18.7 Å². The molecule has 2 rings (SSSR count). The highest BCUT2D eigenvalue weighted by molar-refractivity contribution is 5.19. The second kappa shape index (κ2) is 5.39. The topological polar surface area (TPSA) is 45.4 Å². The van der Waals surface area contributed by atoms with E-state index in [-0.39, 0.29) is 0 Å². The number of nitrogens with zero attached hydrogens (tertiary/aromatic N) is 3. The molecule has 0 bridgehead atoms. The molecule has 0 atom stereocenters. The second-order valence-electron chi connectivity index (χ2n) is 4.39.